The largest absolute Gasteiger partial charge is 0.497 e. The van der Waals surface area contributed by atoms with E-state index in [9.17, 15) is 4.79 Å². The van der Waals surface area contributed by atoms with Gasteiger partial charge in [-0.1, -0.05) is 24.3 Å². The SMILES string of the molecule is COc1ccc([C@@H]2CN(Cc3cccc(C#N)c3)C[C@H]2NC(C)=O)cc1. The van der Waals surface area contributed by atoms with Gasteiger partial charge in [-0.15, -0.1) is 0 Å². The second kappa shape index (κ2) is 8.03. The van der Waals surface area contributed by atoms with Gasteiger partial charge >= 0.3 is 0 Å². The second-order valence-electron chi connectivity index (χ2n) is 6.69. The first-order valence-corrected chi connectivity index (χ1v) is 8.71. The molecule has 0 spiro atoms. The van der Waals surface area contributed by atoms with E-state index < -0.39 is 0 Å². The number of nitrogens with one attached hydrogen (secondary N) is 1. The Labute approximate surface area is 154 Å². The molecule has 0 aromatic heterocycles. The van der Waals surface area contributed by atoms with Crippen molar-refractivity contribution in [2.24, 2.45) is 0 Å². The van der Waals surface area contributed by atoms with Crippen LogP contribution in [0.5, 0.6) is 5.75 Å². The van der Waals surface area contributed by atoms with Crippen LogP contribution in [0.25, 0.3) is 0 Å². The molecule has 1 N–H and O–H groups in total. The normalized spacial score (nSPS) is 19.7. The maximum Gasteiger partial charge on any atom is 0.217 e. The van der Waals surface area contributed by atoms with Crippen molar-refractivity contribution < 1.29 is 9.53 Å². The average molecular weight is 349 g/mol. The molecule has 0 radical (unpaired) electrons. The van der Waals surface area contributed by atoms with Gasteiger partial charge < -0.3 is 10.1 Å². The first kappa shape index (κ1) is 18.0. The first-order valence-electron chi connectivity index (χ1n) is 8.71. The molecule has 2 atom stereocenters. The summed E-state index contributed by atoms with van der Waals surface area (Å²) in [6.07, 6.45) is 0. The van der Waals surface area contributed by atoms with Gasteiger partial charge in [0, 0.05) is 38.5 Å². The number of hydrogen-bond acceptors (Lipinski definition) is 4. The molecule has 1 aliphatic rings. The smallest absolute Gasteiger partial charge is 0.217 e. The summed E-state index contributed by atoms with van der Waals surface area (Å²) in [4.78, 5) is 14.0. The summed E-state index contributed by atoms with van der Waals surface area (Å²) in [7, 11) is 1.65. The third kappa shape index (κ3) is 4.22. The quantitative estimate of drug-likeness (QED) is 0.901. The average Bonchev–Trinajstić information content (AvgIpc) is 3.03. The number of methoxy groups -OCH3 is 1. The number of carbonyl (C=O) groups excluding carboxylic acids is 1. The van der Waals surface area contributed by atoms with Crippen LogP contribution in [0.15, 0.2) is 48.5 Å². The van der Waals surface area contributed by atoms with Gasteiger partial charge in [0.2, 0.25) is 5.91 Å². The zero-order valence-corrected chi connectivity index (χ0v) is 15.1. The summed E-state index contributed by atoms with van der Waals surface area (Å²) in [5, 5.41) is 12.2. The number of benzene rings is 2. The molecule has 1 aliphatic heterocycles. The van der Waals surface area contributed by atoms with E-state index in [0.717, 1.165) is 30.9 Å². The summed E-state index contributed by atoms with van der Waals surface area (Å²) in [5.41, 5.74) is 2.98. The Morgan fingerprint density at radius 1 is 1.27 bits per heavy atom. The molecule has 5 nitrogen and oxygen atoms in total. The van der Waals surface area contributed by atoms with Crippen LogP contribution in [-0.4, -0.2) is 37.0 Å². The number of carbonyl (C=O) groups is 1. The van der Waals surface area contributed by atoms with Crippen molar-refractivity contribution in [3.63, 3.8) is 0 Å². The fourth-order valence-corrected chi connectivity index (χ4v) is 3.61. The molecule has 5 heteroatoms. The third-order valence-corrected chi connectivity index (χ3v) is 4.79. The molecule has 0 bridgehead atoms. The molecule has 134 valence electrons. The summed E-state index contributed by atoms with van der Waals surface area (Å²) < 4.78 is 5.24. The van der Waals surface area contributed by atoms with Crippen LogP contribution >= 0.6 is 0 Å². The lowest BCUT2D eigenvalue weighted by Crippen LogP contribution is -2.38. The molecular formula is C21H23N3O2. The Bertz CT molecular complexity index is 811. The first-order chi connectivity index (χ1) is 12.6. The molecular weight excluding hydrogens is 326 g/mol. The minimum atomic E-state index is -0.0122. The van der Waals surface area contributed by atoms with Crippen LogP contribution in [-0.2, 0) is 11.3 Å². The van der Waals surface area contributed by atoms with Gasteiger partial charge in [0.15, 0.2) is 0 Å². The molecule has 26 heavy (non-hydrogen) atoms. The molecule has 1 fully saturated rings. The van der Waals surface area contributed by atoms with Gasteiger partial charge in [-0.25, -0.2) is 0 Å². The maximum absolute atomic E-state index is 11.6. The van der Waals surface area contributed by atoms with Gasteiger partial charge in [-0.05, 0) is 35.4 Å². The van der Waals surface area contributed by atoms with Crippen molar-refractivity contribution in [1.82, 2.24) is 10.2 Å². The highest BCUT2D eigenvalue weighted by atomic mass is 16.5. The predicted octanol–water partition coefficient (Wildman–Crippen LogP) is 2.67. The summed E-state index contributed by atoms with van der Waals surface area (Å²) in [5.74, 6) is 1.04. The highest BCUT2D eigenvalue weighted by Crippen LogP contribution is 2.30. The van der Waals surface area contributed by atoms with Gasteiger partial charge in [0.1, 0.15) is 5.75 Å². The zero-order chi connectivity index (χ0) is 18.5. The van der Waals surface area contributed by atoms with Crippen molar-refractivity contribution in [3.05, 3.63) is 65.2 Å². The summed E-state index contributed by atoms with van der Waals surface area (Å²) >= 11 is 0. The van der Waals surface area contributed by atoms with Crippen molar-refractivity contribution in [2.75, 3.05) is 20.2 Å². The summed E-state index contributed by atoms with van der Waals surface area (Å²) in [6.45, 7) is 3.96. The Balaban J connectivity index is 1.77. The fraction of sp³-hybridized carbons (Fsp3) is 0.333. The van der Waals surface area contributed by atoms with E-state index in [1.54, 1.807) is 14.0 Å². The van der Waals surface area contributed by atoms with Crippen LogP contribution in [0.3, 0.4) is 0 Å². The maximum atomic E-state index is 11.6. The van der Waals surface area contributed by atoms with E-state index in [0.29, 0.717) is 5.56 Å². The number of nitrogens with zero attached hydrogens (tertiary/aromatic N) is 2. The van der Waals surface area contributed by atoms with Gasteiger partial charge in [-0.2, -0.15) is 5.26 Å². The molecule has 0 aliphatic carbocycles. The van der Waals surface area contributed by atoms with Gasteiger partial charge in [0.25, 0.3) is 0 Å². The second-order valence-corrected chi connectivity index (χ2v) is 6.69. The van der Waals surface area contributed by atoms with E-state index in [4.69, 9.17) is 10.00 Å². The molecule has 1 heterocycles. The predicted molar refractivity (Wildman–Crippen MR) is 99.8 cm³/mol. The topological polar surface area (TPSA) is 65.4 Å². The molecule has 2 aromatic carbocycles. The highest BCUT2D eigenvalue weighted by Gasteiger charge is 2.34. The molecule has 1 saturated heterocycles. The number of nitriles is 1. The van der Waals surface area contributed by atoms with Crippen LogP contribution < -0.4 is 10.1 Å². The Hall–Kier alpha value is -2.84. The van der Waals surface area contributed by atoms with Crippen molar-refractivity contribution in [2.45, 2.75) is 25.4 Å². The molecule has 3 rings (SSSR count). The highest BCUT2D eigenvalue weighted by molar-refractivity contribution is 5.73. The van der Waals surface area contributed by atoms with Gasteiger partial charge in [-0.3, -0.25) is 9.69 Å². The van der Waals surface area contributed by atoms with E-state index in [-0.39, 0.29) is 17.9 Å². The van der Waals surface area contributed by atoms with E-state index >= 15 is 0 Å². The van der Waals surface area contributed by atoms with E-state index in [1.165, 1.54) is 5.56 Å². The van der Waals surface area contributed by atoms with Gasteiger partial charge in [0.05, 0.1) is 18.7 Å². The number of likely N-dealkylation sites (tertiary alicyclic amines) is 1. The fourth-order valence-electron chi connectivity index (χ4n) is 3.61. The third-order valence-electron chi connectivity index (χ3n) is 4.79. The Morgan fingerprint density at radius 3 is 2.69 bits per heavy atom. The lowest BCUT2D eigenvalue weighted by molar-refractivity contribution is -0.119. The Morgan fingerprint density at radius 2 is 2.04 bits per heavy atom. The minimum Gasteiger partial charge on any atom is -0.497 e. The van der Waals surface area contributed by atoms with Crippen LogP contribution in [0.2, 0.25) is 0 Å². The van der Waals surface area contributed by atoms with Crippen LogP contribution in [0, 0.1) is 11.3 Å². The monoisotopic (exact) mass is 349 g/mol. The molecule has 1 amide bonds. The standard InChI is InChI=1S/C21H23N3O2/c1-15(25)23-21-14-24(12-17-5-3-4-16(10-17)11-22)13-20(21)18-6-8-19(26-2)9-7-18/h3-10,20-21H,12-14H2,1-2H3,(H,23,25)/t20-,21+/m0/s1. The number of ether oxygens (including phenoxy) is 1. The molecule has 0 saturated carbocycles. The Kier molecular flexibility index (Phi) is 5.55. The van der Waals surface area contributed by atoms with Crippen molar-refractivity contribution in [3.8, 4) is 11.8 Å². The van der Waals surface area contributed by atoms with Crippen molar-refractivity contribution in [1.29, 1.82) is 5.26 Å². The summed E-state index contributed by atoms with van der Waals surface area (Å²) in [6, 6.07) is 18.0. The lowest BCUT2D eigenvalue weighted by Gasteiger charge is -2.19. The van der Waals surface area contributed by atoms with Crippen LogP contribution in [0.1, 0.15) is 29.5 Å². The molecule has 0 unspecified atom stereocenters. The number of hydrogen-bond donors (Lipinski definition) is 1. The van der Waals surface area contributed by atoms with Crippen LogP contribution in [0.4, 0.5) is 0 Å². The van der Waals surface area contributed by atoms with E-state index in [2.05, 4.69) is 28.4 Å². The zero-order valence-electron chi connectivity index (χ0n) is 15.1. The number of rotatable bonds is 5. The number of amides is 1. The minimum absolute atomic E-state index is 0.0122. The van der Waals surface area contributed by atoms with Crippen molar-refractivity contribution >= 4 is 5.91 Å². The van der Waals surface area contributed by atoms with E-state index in [1.807, 2.05) is 36.4 Å². The lowest BCUT2D eigenvalue weighted by atomic mass is 9.94. The molecule has 2 aromatic rings.